The first-order valence-corrected chi connectivity index (χ1v) is 6.64. The maximum Gasteiger partial charge on any atom is 0.136 e. The lowest BCUT2D eigenvalue weighted by Gasteiger charge is -2.39. The van der Waals surface area contributed by atoms with Crippen LogP contribution in [0.1, 0.15) is 59.3 Å². The van der Waals surface area contributed by atoms with E-state index in [4.69, 9.17) is 0 Å². The maximum atomic E-state index is 12.2. The number of Topliss-reactive ketones (excluding diaryl/α,β-unsaturated/α-hetero) is 1. The number of hydrogen-bond acceptors (Lipinski definition) is 1. The Bertz CT molecular complexity index is 252. The van der Waals surface area contributed by atoms with Crippen molar-refractivity contribution in [3.8, 4) is 0 Å². The third-order valence-electron chi connectivity index (χ3n) is 4.07. The fourth-order valence-electron chi connectivity index (χ4n) is 2.94. The summed E-state index contributed by atoms with van der Waals surface area (Å²) < 4.78 is 0. The zero-order chi connectivity index (χ0) is 12.2. The van der Waals surface area contributed by atoms with Gasteiger partial charge in [0.15, 0.2) is 0 Å². The predicted octanol–water partition coefficient (Wildman–Crippen LogP) is 4.37. The highest BCUT2D eigenvalue weighted by molar-refractivity contribution is 5.81. The zero-order valence-corrected chi connectivity index (χ0v) is 11.1. The molecular formula is C15H26O. The number of rotatable bonds is 5. The van der Waals surface area contributed by atoms with Crippen molar-refractivity contribution in [2.75, 3.05) is 0 Å². The highest BCUT2D eigenvalue weighted by Gasteiger charge is 2.37. The van der Waals surface area contributed by atoms with E-state index in [2.05, 4.69) is 27.4 Å². The van der Waals surface area contributed by atoms with Gasteiger partial charge in [0, 0.05) is 12.3 Å². The molecule has 0 radical (unpaired) electrons. The molecular weight excluding hydrogens is 196 g/mol. The molecule has 0 N–H and O–H groups in total. The minimum Gasteiger partial charge on any atom is -0.299 e. The molecule has 2 atom stereocenters. The maximum absolute atomic E-state index is 12.2. The average Bonchev–Trinajstić information content (AvgIpc) is 2.24. The highest BCUT2D eigenvalue weighted by Crippen LogP contribution is 2.43. The summed E-state index contributed by atoms with van der Waals surface area (Å²) in [5.74, 6) is 1.42. The van der Waals surface area contributed by atoms with Crippen molar-refractivity contribution in [3.05, 3.63) is 12.7 Å². The first-order valence-electron chi connectivity index (χ1n) is 6.64. The van der Waals surface area contributed by atoms with E-state index in [1.165, 1.54) is 12.8 Å². The minimum absolute atomic E-state index is 0.314. The van der Waals surface area contributed by atoms with E-state index in [0.29, 0.717) is 29.5 Å². The quantitative estimate of drug-likeness (QED) is 0.631. The largest absolute Gasteiger partial charge is 0.299 e. The molecule has 2 unspecified atom stereocenters. The Labute approximate surface area is 100 Å². The Hall–Kier alpha value is -0.590. The van der Waals surface area contributed by atoms with Crippen LogP contribution in [0.15, 0.2) is 12.7 Å². The molecule has 16 heavy (non-hydrogen) atoms. The molecule has 0 aromatic heterocycles. The Kier molecular flexibility index (Phi) is 4.76. The first kappa shape index (κ1) is 13.5. The molecule has 92 valence electrons. The molecule has 0 aromatic carbocycles. The van der Waals surface area contributed by atoms with E-state index in [-0.39, 0.29) is 0 Å². The van der Waals surface area contributed by atoms with Gasteiger partial charge >= 0.3 is 0 Å². The van der Waals surface area contributed by atoms with Gasteiger partial charge in [-0.05, 0) is 37.0 Å². The van der Waals surface area contributed by atoms with Gasteiger partial charge in [0.2, 0.25) is 0 Å². The fraction of sp³-hybridized carbons (Fsp3) is 0.800. The number of carbonyl (C=O) groups is 1. The van der Waals surface area contributed by atoms with Crippen molar-refractivity contribution < 1.29 is 4.79 Å². The molecule has 0 heterocycles. The van der Waals surface area contributed by atoms with E-state index in [9.17, 15) is 4.79 Å². The first-order chi connectivity index (χ1) is 7.50. The molecule has 0 bridgehead atoms. The molecule has 0 spiro atoms. The van der Waals surface area contributed by atoms with E-state index >= 15 is 0 Å². The standard InChI is InChI=1S/C15H26O/c1-5-7-8-14(16)13-11-15(3,4)10-9-12(13)6-2/h5,12-13H,1,6-11H2,2-4H3. The second kappa shape index (κ2) is 5.65. The van der Waals surface area contributed by atoms with Gasteiger partial charge in [-0.2, -0.15) is 0 Å². The third kappa shape index (κ3) is 3.47. The molecule has 1 nitrogen and oxygen atoms in total. The van der Waals surface area contributed by atoms with Crippen LogP contribution in [0, 0.1) is 17.3 Å². The monoisotopic (exact) mass is 222 g/mol. The fourth-order valence-corrected chi connectivity index (χ4v) is 2.94. The van der Waals surface area contributed by atoms with Crippen molar-refractivity contribution in [3.63, 3.8) is 0 Å². The SMILES string of the molecule is C=CCCC(=O)C1CC(C)(C)CCC1CC. The number of ketones is 1. The molecule has 1 fully saturated rings. The Morgan fingerprint density at radius 1 is 1.50 bits per heavy atom. The van der Waals surface area contributed by atoms with Gasteiger partial charge in [-0.15, -0.1) is 6.58 Å². The summed E-state index contributed by atoms with van der Waals surface area (Å²) in [6.07, 6.45) is 8.13. The van der Waals surface area contributed by atoms with Crippen LogP contribution in [0.25, 0.3) is 0 Å². The van der Waals surface area contributed by atoms with E-state index in [1.54, 1.807) is 0 Å². The van der Waals surface area contributed by atoms with Crippen molar-refractivity contribution in [1.29, 1.82) is 0 Å². The second-order valence-corrected chi connectivity index (χ2v) is 5.98. The summed E-state index contributed by atoms with van der Waals surface area (Å²) in [4.78, 5) is 12.2. The van der Waals surface area contributed by atoms with Crippen LogP contribution in [0.3, 0.4) is 0 Å². The summed E-state index contributed by atoms with van der Waals surface area (Å²) in [6.45, 7) is 10.5. The van der Waals surface area contributed by atoms with Gasteiger partial charge in [0.1, 0.15) is 5.78 Å². The predicted molar refractivity (Wildman–Crippen MR) is 69.3 cm³/mol. The Morgan fingerprint density at radius 2 is 2.19 bits per heavy atom. The van der Waals surface area contributed by atoms with Gasteiger partial charge in [0.05, 0.1) is 0 Å². The average molecular weight is 222 g/mol. The number of allylic oxidation sites excluding steroid dienone is 1. The van der Waals surface area contributed by atoms with E-state index in [0.717, 1.165) is 19.3 Å². The van der Waals surface area contributed by atoms with Gasteiger partial charge in [0.25, 0.3) is 0 Å². The molecule has 1 rings (SSSR count). The summed E-state index contributed by atoms with van der Waals surface area (Å²) >= 11 is 0. The van der Waals surface area contributed by atoms with Crippen LogP contribution in [0.4, 0.5) is 0 Å². The van der Waals surface area contributed by atoms with Crippen molar-refractivity contribution >= 4 is 5.78 Å². The van der Waals surface area contributed by atoms with E-state index in [1.807, 2.05) is 6.08 Å². The minimum atomic E-state index is 0.314. The lowest BCUT2D eigenvalue weighted by Crippen LogP contribution is -2.34. The lowest BCUT2D eigenvalue weighted by molar-refractivity contribution is -0.127. The third-order valence-corrected chi connectivity index (χ3v) is 4.07. The molecule has 0 amide bonds. The number of carbonyl (C=O) groups excluding carboxylic acids is 1. The van der Waals surface area contributed by atoms with E-state index < -0.39 is 0 Å². The van der Waals surface area contributed by atoms with Crippen molar-refractivity contribution in [2.24, 2.45) is 17.3 Å². The summed E-state index contributed by atoms with van der Waals surface area (Å²) in [5, 5.41) is 0. The van der Waals surface area contributed by atoms with Crippen LogP contribution in [0.2, 0.25) is 0 Å². The highest BCUT2D eigenvalue weighted by atomic mass is 16.1. The number of hydrogen-bond donors (Lipinski definition) is 0. The molecule has 1 heteroatoms. The Balaban J connectivity index is 2.64. The molecule has 1 aliphatic carbocycles. The smallest absolute Gasteiger partial charge is 0.136 e. The lowest BCUT2D eigenvalue weighted by atomic mass is 9.65. The Morgan fingerprint density at radius 3 is 2.75 bits per heavy atom. The molecule has 0 aliphatic heterocycles. The zero-order valence-electron chi connectivity index (χ0n) is 11.1. The van der Waals surface area contributed by atoms with Crippen LogP contribution >= 0.6 is 0 Å². The molecule has 1 saturated carbocycles. The van der Waals surface area contributed by atoms with Crippen molar-refractivity contribution in [2.45, 2.75) is 59.3 Å². The molecule has 1 aliphatic rings. The molecule has 0 aromatic rings. The van der Waals surface area contributed by atoms with Crippen LogP contribution in [-0.2, 0) is 4.79 Å². The van der Waals surface area contributed by atoms with Crippen LogP contribution in [0.5, 0.6) is 0 Å². The van der Waals surface area contributed by atoms with Crippen LogP contribution < -0.4 is 0 Å². The second-order valence-electron chi connectivity index (χ2n) is 5.98. The summed E-state index contributed by atoms with van der Waals surface area (Å²) in [7, 11) is 0. The van der Waals surface area contributed by atoms with Gasteiger partial charge < -0.3 is 0 Å². The van der Waals surface area contributed by atoms with Gasteiger partial charge in [-0.1, -0.05) is 33.3 Å². The topological polar surface area (TPSA) is 17.1 Å². The summed E-state index contributed by atoms with van der Waals surface area (Å²) in [6, 6.07) is 0. The van der Waals surface area contributed by atoms with Gasteiger partial charge in [-0.25, -0.2) is 0 Å². The molecule has 0 saturated heterocycles. The summed E-state index contributed by atoms with van der Waals surface area (Å²) in [5.41, 5.74) is 0.361. The normalized spacial score (nSPS) is 28.7. The van der Waals surface area contributed by atoms with Crippen molar-refractivity contribution in [1.82, 2.24) is 0 Å². The van der Waals surface area contributed by atoms with Crippen LogP contribution in [-0.4, -0.2) is 5.78 Å². The van der Waals surface area contributed by atoms with Gasteiger partial charge in [-0.3, -0.25) is 4.79 Å².